The van der Waals surface area contributed by atoms with Crippen LogP contribution in [0.5, 0.6) is 5.75 Å². The Labute approximate surface area is 138 Å². The Balaban J connectivity index is 1.90. The second-order valence-corrected chi connectivity index (χ2v) is 5.84. The maximum Gasteiger partial charge on any atom is 0.259 e. The van der Waals surface area contributed by atoms with Crippen molar-refractivity contribution in [2.45, 2.75) is 13.0 Å². The van der Waals surface area contributed by atoms with E-state index >= 15 is 0 Å². The summed E-state index contributed by atoms with van der Waals surface area (Å²) in [6.45, 7) is 1.90. The third kappa shape index (κ3) is 2.09. The van der Waals surface area contributed by atoms with E-state index < -0.39 is 5.82 Å². The van der Waals surface area contributed by atoms with Crippen LogP contribution in [0.1, 0.15) is 29.0 Å². The number of amides is 1. The number of aromatic nitrogens is 1. The Morgan fingerprint density at radius 3 is 2.71 bits per heavy atom. The topological polar surface area (TPSA) is 45.5 Å². The standard InChI is InChI=1S/C19H15FN2O2/c1-12-16-6-3-9-21(16)17-8-7-14(20)11-18(17)22(12)19(24)13-4-2-5-15(23)10-13/h2-12,23H,1H3. The van der Waals surface area contributed by atoms with Crippen LogP contribution in [0.3, 0.4) is 0 Å². The van der Waals surface area contributed by atoms with Crippen molar-refractivity contribution in [3.63, 3.8) is 0 Å². The number of fused-ring (bicyclic) bond motifs is 3. The van der Waals surface area contributed by atoms with Crippen molar-refractivity contribution in [2.75, 3.05) is 4.90 Å². The Morgan fingerprint density at radius 1 is 1.08 bits per heavy atom. The number of aromatic hydroxyl groups is 1. The molecule has 1 unspecified atom stereocenters. The Kier molecular flexibility index (Phi) is 3.16. The van der Waals surface area contributed by atoms with E-state index in [2.05, 4.69) is 0 Å². The van der Waals surface area contributed by atoms with E-state index in [4.69, 9.17) is 0 Å². The number of phenolic OH excluding ortho intramolecular Hbond substituents is 1. The minimum atomic E-state index is -0.398. The largest absolute Gasteiger partial charge is 0.508 e. The molecule has 1 aromatic heterocycles. The van der Waals surface area contributed by atoms with Crippen LogP contribution < -0.4 is 4.90 Å². The summed E-state index contributed by atoms with van der Waals surface area (Å²) >= 11 is 0. The molecule has 0 aliphatic carbocycles. The monoisotopic (exact) mass is 322 g/mol. The van der Waals surface area contributed by atoms with Crippen LogP contribution >= 0.6 is 0 Å². The first-order valence-corrected chi connectivity index (χ1v) is 7.66. The highest BCUT2D eigenvalue weighted by atomic mass is 19.1. The van der Waals surface area contributed by atoms with Gasteiger partial charge in [0.1, 0.15) is 11.6 Å². The van der Waals surface area contributed by atoms with Crippen LogP contribution in [0.4, 0.5) is 10.1 Å². The number of phenols is 1. The Bertz CT molecular complexity index is 948. The highest BCUT2D eigenvalue weighted by molar-refractivity contribution is 6.08. The van der Waals surface area contributed by atoms with Gasteiger partial charge in [0, 0.05) is 17.5 Å². The molecule has 1 N–H and O–H groups in total. The molecular formula is C19H15FN2O2. The molecule has 0 spiro atoms. The van der Waals surface area contributed by atoms with Gasteiger partial charge in [-0.3, -0.25) is 9.69 Å². The number of benzene rings is 2. The van der Waals surface area contributed by atoms with E-state index in [1.54, 1.807) is 23.1 Å². The van der Waals surface area contributed by atoms with Crippen LogP contribution in [0, 0.1) is 5.82 Å². The summed E-state index contributed by atoms with van der Waals surface area (Å²) in [6, 6.07) is 14.2. The summed E-state index contributed by atoms with van der Waals surface area (Å²) in [5.74, 6) is -0.656. The summed E-state index contributed by atoms with van der Waals surface area (Å²) in [4.78, 5) is 14.6. The van der Waals surface area contributed by atoms with E-state index in [-0.39, 0.29) is 17.7 Å². The second kappa shape index (κ2) is 5.23. The van der Waals surface area contributed by atoms with Crippen molar-refractivity contribution < 1.29 is 14.3 Å². The quantitative estimate of drug-likeness (QED) is 0.735. The normalized spacial score (nSPS) is 15.8. The molecule has 1 amide bonds. The zero-order valence-corrected chi connectivity index (χ0v) is 13.0. The molecule has 2 aromatic carbocycles. The maximum atomic E-state index is 13.8. The van der Waals surface area contributed by atoms with Crippen LogP contribution in [0.15, 0.2) is 60.8 Å². The fourth-order valence-electron chi connectivity index (χ4n) is 3.25. The van der Waals surface area contributed by atoms with Gasteiger partial charge in [-0.1, -0.05) is 6.07 Å². The molecule has 2 heterocycles. The van der Waals surface area contributed by atoms with Crippen LogP contribution in [0.2, 0.25) is 0 Å². The molecule has 1 aliphatic heterocycles. The molecule has 4 nitrogen and oxygen atoms in total. The first-order chi connectivity index (χ1) is 11.6. The van der Waals surface area contributed by atoms with Gasteiger partial charge in [0.15, 0.2) is 0 Å². The zero-order chi connectivity index (χ0) is 16.8. The number of halogens is 1. The molecule has 5 heteroatoms. The van der Waals surface area contributed by atoms with E-state index in [1.807, 2.05) is 29.8 Å². The molecule has 0 fully saturated rings. The number of nitrogens with zero attached hydrogens (tertiary/aromatic N) is 2. The molecular weight excluding hydrogens is 307 g/mol. The maximum absolute atomic E-state index is 13.8. The van der Waals surface area contributed by atoms with E-state index in [9.17, 15) is 14.3 Å². The summed E-state index contributed by atoms with van der Waals surface area (Å²) < 4.78 is 15.8. The van der Waals surface area contributed by atoms with Crippen molar-refractivity contribution in [1.29, 1.82) is 0 Å². The average molecular weight is 322 g/mol. The number of anilines is 1. The highest BCUT2D eigenvalue weighted by Gasteiger charge is 2.33. The molecule has 0 radical (unpaired) electrons. The predicted molar refractivity (Wildman–Crippen MR) is 89.1 cm³/mol. The zero-order valence-electron chi connectivity index (χ0n) is 13.0. The van der Waals surface area contributed by atoms with Gasteiger partial charge in [0.25, 0.3) is 5.91 Å². The van der Waals surface area contributed by atoms with Crippen LogP contribution in [0.25, 0.3) is 5.69 Å². The first-order valence-electron chi connectivity index (χ1n) is 7.66. The number of carbonyl (C=O) groups excluding carboxylic acids is 1. The number of hydrogen-bond acceptors (Lipinski definition) is 2. The van der Waals surface area contributed by atoms with Gasteiger partial charge < -0.3 is 9.67 Å². The number of carbonyl (C=O) groups is 1. The number of rotatable bonds is 1. The van der Waals surface area contributed by atoms with E-state index in [0.29, 0.717) is 11.3 Å². The Morgan fingerprint density at radius 2 is 1.92 bits per heavy atom. The van der Waals surface area contributed by atoms with Gasteiger partial charge in [-0.2, -0.15) is 0 Å². The van der Waals surface area contributed by atoms with Crippen molar-refractivity contribution >= 4 is 11.6 Å². The minimum absolute atomic E-state index is 0.0216. The van der Waals surface area contributed by atoms with Crippen LogP contribution in [-0.4, -0.2) is 15.6 Å². The van der Waals surface area contributed by atoms with E-state index in [0.717, 1.165) is 11.4 Å². The summed E-state index contributed by atoms with van der Waals surface area (Å²) in [5, 5.41) is 9.66. The van der Waals surface area contributed by atoms with Crippen molar-refractivity contribution in [2.24, 2.45) is 0 Å². The van der Waals surface area contributed by atoms with E-state index in [1.165, 1.54) is 24.3 Å². The van der Waals surface area contributed by atoms with Gasteiger partial charge in [-0.25, -0.2) is 4.39 Å². The summed E-state index contributed by atoms with van der Waals surface area (Å²) in [5.41, 5.74) is 2.57. The molecule has 1 aliphatic rings. The Hall–Kier alpha value is -3.08. The van der Waals surface area contributed by atoms with Crippen molar-refractivity contribution in [1.82, 2.24) is 4.57 Å². The fraction of sp³-hybridized carbons (Fsp3) is 0.105. The average Bonchev–Trinajstić information content (AvgIpc) is 3.05. The molecule has 4 rings (SSSR count). The van der Waals surface area contributed by atoms with Crippen molar-refractivity contribution in [3.8, 4) is 11.4 Å². The van der Waals surface area contributed by atoms with Crippen molar-refractivity contribution in [3.05, 3.63) is 77.9 Å². The lowest BCUT2D eigenvalue weighted by Crippen LogP contribution is -2.38. The van der Waals surface area contributed by atoms with Gasteiger partial charge >= 0.3 is 0 Å². The third-order valence-corrected chi connectivity index (χ3v) is 4.36. The molecule has 1 atom stereocenters. The van der Waals surface area contributed by atoms with Gasteiger partial charge in [0.05, 0.1) is 17.4 Å². The minimum Gasteiger partial charge on any atom is -0.508 e. The third-order valence-electron chi connectivity index (χ3n) is 4.36. The fourth-order valence-corrected chi connectivity index (χ4v) is 3.25. The number of hydrogen-bond donors (Lipinski definition) is 1. The first kappa shape index (κ1) is 14.5. The van der Waals surface area contributed by atoms with Gasteiger partial charge in [-0.15, -0.1) is 0 Å². The van der Waals surface area contributed by atoms with Gasteiger partial charge in [-0.05, 0) is 55.5 Å². The molecule has 24 heavy (non-hydrogen) atoms. The van der Waals surface area contributed by atoms with Gasteiger partial charge in [0.2, 0.25) is 0 Å². The lowest BCUT2D eigenvalue weighted by molar-refractivity contribution is 0.0976. The van der Waals surface area contributed by atoms with Crippen LogP contribution in [-0.2, 0) is 0 Å². The smallest absolute Gasteiger partial charge is 0.259 e. The summed E-state index contributed by atoms with van der Waals surface area (Å²) in [7, 11) is 0. The second-order valence-electron chi connectivity index (χ2n) is 5.84. The summed E-state index contributed by atoms with van der Waals surface area (Å²) in [6.07, 6.45) is 1.90. The molecule has 3 aromatic rings. The molecule has 0 saturated carbocycles. The molecule has 120 valence electrons. The highest BCUT2D eigenvalue weighted by Crippen LogP contribution is 2.40. The lowest BCUT2D eigenvalue weighted by Gasteiger charge is -2.36. The SMILES string of the molecule is CC1c2cccn2-c2ccc(F)cc2N1C(=O)c1cccc(O)c1. The predicted octanol–water partition coefficient (Wildman–Crippen LogP) is 4.04. The molecule has 0 saturated heterocycles. The molecule has 0 bridgehead atoms. The lowest BCUT2D eigenvalue weighted by atomic mass is 10.0.